The SMILES string of the molecule is C/C=C/c1ccc2cc(O)c(N3CC(=O)NS3(=O)=O)cc2c1. The molecule has 0 saturated carbocycles. The van der Waals surface area contributed by atoms with Crippen LogP contribution in [0.25, 0.3) is 16.8 Å². The van der Waals surface area contributed by atoms with Gasteiger partial charge in [-0.2, -0.15) is 8.42 Å². The van der Waals surface area contributed by atoms with E-state index in [1.165, 1.54) is 6.07 Å². The third-order valence-electron chi connectivity index (χ3n) is 3.41. The number of nitrogens with zero attached hydrogens (tertiary/aromatic N) is 1. The van der Waals surface area contributed by atoms with Crippen LogP contribution in [0, 0.1) is 0 Å². The Morgan fingerprint density at radius 2 is 2.00 bits per heavy atom. The Morgan fingerprint density at radius 3 is 2.64 bits per heavy atom. The Labute approximate surface area is 127 Å². The molecule has 0 atom stereocenters. The van der Waals surface area contributed by atoms with E-state index < -0.39 is 16.1 Å². The second-order valence-corrected chi connectivity index (χ2v) is 6.58. The van der Waals surface area contributed by atoms with Crippen LogP contribution in [0.15, 0.2) is 36.4 Å². The quantitative estimate of drug-likeness (QED) is 0.883. The van der Waals surface area contributed by atoms with Gasteiger partial charge in [-0.05, 0) is 41.5 Å². The number of benzene rings is 2. The minimum Gasteiger partial charge on any atom is -0.506 e. The van der Waals surface area contributed by atoms with E-state index in [4.69, 9.17) is 0 Å². The molecule has 1 aliphatic rings. The summed E-state index contributed by atoms with van der Waals surface area (Å²) >= 11 is 0. The highest BCUT2D eigenvalue weighted by Crippen LogP contribution is 2.35. The molecule has 0 unspecified atom stereocenters. The first-order valence-electron chi connectivity index (χ1n) is 6.63. The van der Waals surface area contributed by atoms with E-state index in [0.29, 0.717) is 0 Å². The van der Waals surface area contributed by atoms with Crippen molar-refractivity contribution in [3.05, 3.63) is 42.0 Å². The van der Waals surface area contributed by atoms with Gasteiger partial charge in [-0.15, -0.1) is 0 Å². The van der Waals surface area contributed by atoms with Crippen LogP contribution in [-0.2, 0) is 15.0 Å². The molecule has 114 valence electrons. The molecule has 2 aromatic carbocycles. The molecule has 22 heavy (non-hydrogen) atoms. The number of fused-ring (bicyclic) bond motifs is 1. The van der Waals surface area contributed by atoms with Gasteiger partial charge in [-0.3, -0.25) is 4.79 Å². The number of carbonyl (C=O) groups is 1. The minimum atomic E-state index is -3.94. The van der Waals surface area contributed by atoms with Gasteiger partial charge in [0.15, 0.2) is 0 Å². The summed E-state index contributed by atoms with van der Waals surface area (Å²) in [5, 5.41) is 11.7. The van der Waals surface area contributed by atoms with Gasteiger partial charge in [0.25, 0.3) is 5.91 Å². The Kier molecular flexibility index (Phi) is 3.29. The third kappa shape index (κ3) is 2.39. The smallest absolute Gasteiger partial charge is 0.326 e. The summed E-state index contributed by atoms with van der Waals surface area (Å²) in [6.07, 6.45) is 3.82. The van der Waals surface area contributed by atoms with Gasteiger partial charge in [0.2, 0.25) is 0 Å². The van der Waals surface area contributed by atoms with Crippen molar-refractivity contribution in [1.82, 2.24) is 4.72 Å². The highest BCUT2D eigenvalue weighted by molar-refractivity contribution is 7.92. The van der Waals surface area contributed by atoms with Crippen molar-refractivity contribution in [3.63, 3.8) is 0 Å². The number of amides is 1. The summed E-state index contributed by atoms with van der Waals surface area (Å²) < 4.78 is 26.6. The summed E-state index contributed by atoms with van der Waals surface area (Å²) in [5.41, 5.74) is 1.05. The van der Waals surface area contributed by atoms with Crippen molar-refractivity contribution in [1.29, 1.82) is 0 Å². The van der Waals surface area contributed by atoms with Crippen LogP contribution in [0.3, 0.4) is 0 Å². The predicted octanol–water partition coefficient (Wildman–Crippen LogP) is 1.76. The number of phenols is 1. The van der Waals surface area contributed by atoms with Gasteiger partial charge < -0.3 is 5.11 Å². The summed E-state index contributed by atoms with van der Waals surface area (Å²) in [7, 11) is -3.94. The van der Waals surface area contributed by atoms with Gasteiger partial charge in [-0.25, -0.2) is 9.03 Å². The maximum Gasteiger partial charge on any atom is 0.326 e. The Bertz CT molecular complexity index is 903. The van der Waals surface area contributed by atoms with E-state index in [1.807, 2.05) is 42.0 Å². The molecule has 1 heterocycles. The standard InChI is InChI=1S/C15H14N2O4S/c1-2-3-10-4-5-11-8-14(18)13(7-12(11)6-10)17-9-15(19)16-22(17,20)21/h2-8,18H,9H2,1H3,(H,16,19)/b3-2+. The molecule has 0 bridgehead atoms. The second kappa shape index (κ2) is 5.03. The summed E-state index contributed by atoms with van der Waals surface area (Å²) in [6, 6.07) is 8.68. The number of carbonyl (C=O) groups excluding carboxylic acids is 1. The molecule has 6 nitrogen and oxygen atoms in total. The van der Waals surface area contributed by atoms with Gasteiger partial charge in [-0.1, -0.05) is 24.3 Å². The maximum atomic E-state index is 11.9. The second-order valence-electron chi connectivity index (χ2n) is 4.98. The number of hydrogen-bond donors (Lipinski definition) is 2. The number of nitrogens with one attached hydrogen (secondary N) is 1. The van der Waals surface area contributed by atoms with Crippen LogP contribution in [0.4, 0.5) is 5.69 Å². The van der Waals surface area contributed by atoms with Crippen molar-refractivity contribution >= 4 is 38.7 Å². The zero-order valence-corrected chi connectivity index (χ0v) is 12.6. The number of hydrogen-bond acceptors (Lipinski definition) is 4. The van der Waals surface area contributed by atoms with Crippen LogP contribution >= 0.6 is 0 Å². The fourth-order valence-electron chi connectivity index (χ4n) is 2.45. The molecule has 3 rings (SSSR count). The van der Waals surface area contributed by atoms with E-state index in [1.54, 1.807) is 6.07 Å². The average molecular weight is 318 g/mol. The highest BCUT2D eigenvalue weighted by Gasteiger charge is 2.35. The molecule has 0 aromatic heterocycles. The number of aromatic hydroxyl groups is 1. The van der Waals surface area contributed by atoms with Crippen molar-refractivity contribution in [2.24, 2.45) is 0 Å². The number of phenolic OH excluding ortho intramolecular Hbond substituents is 1. The molecular formula is C15H14N2O4S. The van der Waals surface area contributed by atoms with Gasteiger partial charge in [0.1, 0.15) is 12.3 Å². The molecule has 1 saturated heterocycles. The van der Waals surface area contributed by atoms with Gasteiger partial charge in [0.05, 0.1) is 5.69 Å². The summed E-state index contributed by atoms with van der Waals surface area (Å²) in [6.45, 7) is 1.57. The first-order chi connectivity index (χ1) is 10.4. The fourth-order valence-corrected chi connectivity index (χ4v) is 3.60. The normalized spacial score (nSPS) is 17.3. The minimum absolute atomic E-state index is 0.0866. The Balaban J connectivity index is 2.17. The molecule has 0 spiro atoms. The van der Waals surface area contributed by atoms with E-state index in [9.17, 15) is 18.3 Å². The number of rotatable bonds is 2. The molecule has 7 heteroatoms. The van der Waals surface area contributed by atoms with Crippen LogP contribution in [0.2, 0.25) is 0 Å². The lowest BCUT2D eigenvalue weighted by molar-refractivity contribution is -0.117. The van der Waals surface area contributed by atoms with E-state index in [0.717, 1.165) is 20.6 Å². The molecule has 0 radical (unpaired) electrons. The molecule has 2 N–H and O–H groups in total. The third-order valence-corrected chi connectivity index (χ3v) is 4.80. The largest absolute Gasteiger partial charge is 0.506 e. The van der Waals surface area contributed by atoms with Crippen molar-refractivity contribution in [2.45, 2.75) is 6.92 Å². The zero-order valence-electron chi connectivity index (χ0n) is 11.8. The summed E-state index contributed by atoms with van der Waals surface area (Å²) in [4.78, 5) is 11.3. The van der Waals surface area contributed by atoms with Crippen LogP contribution in [0.5, 0.6) is 5.75 Å². The maximum absolute atomic E-state index is 11.9. The van der Waals surface area contributed by atoms with Crippen LogP contribution in [0.1, 0.15) is 12.5 Å². The first-order valence-corrected chi connectivity index (χ1v) is 8.07. The lowest BCUT2D eigenvalue weighted by Gasteiger charge is -2.17. The molecule has 1 aliphatic heterocycles. The van der Waals surface area contributed by atoms with Crippen molar-refractivity contribution in [2.75, 3.05) is 10.8 Å². The molecule has 1 fully saturated rings. The topological polar surface area (TPSA) is 86.7 Å². The molecular weight excluding hydrogens is 304 g/mol. The number of anilines is 1. The molecule has 0 aliphatic carbocycles. The highest BCUT2D eigenvalue weighted by atomic mass is 32.2. The molecule has 1 amide bonds. The Morgan fingerprint density at radius 1 is 1.23 bits per heavy atom. The van der Waals surface area contributed by atoms with Crippen LogP contribution in [-0.4, -0.2) is 26.0 Å². The summed E-state index contributed by atoms with van der Waals surface area (Å²) in [5.74, 6) is -0.812. The van der Waals surface area contributed by atoms with Gasteiger partial charge >= 0.3 is 10.2 Å². The Hall–Kier alpha value is -2.54. The zero-order chi connectivity index (χ0) is 15.9. The van der Waals surface area contributed by atoms with Crippen molar-refractivity contribution < 1.29 is 18.3 Å². The van der Waals surface area contributed by atoms with E-state index in [2.05, 4.69) is 0 Å². The lowest BCUT2D eigenvalue weighted by atomic mass is 10.1. The van der Waals surface area contributed by atoms with Crippen molar-refractivity contribution in [3.8, 4) is 5.75 Å². The number of allylic oxidation sites excluding steroid dienone is 1. The monoisotopic (exact) mass is 318 g/mol. The van der Waals surface area contributed by atoms with E-state index in [-0.39, 0.29) is 18.0 Å². The van der Waals surface area contributed by atoms with E-state index >= 15 is 0 Å². The first kappa shape index (κ1) is 14.4. The fraction of sp³-hybridized carbons (Fsp3) is 0.133. The predicted molar refractivity (Wildman–Crippen MR) is 84.7 cm³/mol. The van der Waals surface area contributed by atoms with Gasteiger partial charge in [0, 0.05) is 0 Å². The molecule has 2 aromatic rings. The van der Waals surface area contributed by atoms with Crippen LogP contribution < -0.4 is 9.03 Å². The average Bonchev–Trinajstić information content (AvgIpc) is 2.71. The lowest BCUT2D eigenvalue weighted by Crippen LogP contribution is -2.29.